The number of halogens is 1. The number of H-pyrrole nitrogens is 1. The second kappa shape index (κ2) is 7.25. The van der Waals surface area contributed by atoms with Crippen LogP contribution < -0.4 is 16.6 Å². The van der Waals surface area contributed by atoms with Crippen LogP contribution in [-0.2, 0) is 31.9 Å². The molecule has 0 aliphatic rings. The van der Waals surface area contributed by atoms with Gasteiger partial charge in [-0.2, -0.15) is 0 Å². The van der Waals surface area contributed by atoms with Gasteiger partial charge in [0, 0.05) is 42.8 Å². The first-order valence-corrected chi connectivity index (χ1v) is 9.37. The summed E-state index contributed by atoms with van der Waals surface area (Å²) in [5.41, 5.74) is 1.57. The quantitative estimate of drug-likeness (QED) is 0.506. The predicted molar refractivity (Wildman–Crippen MR) is 110 cm³/mol. The molecule has 1 amide bonds. The molecule has 2 N–H and O–H groups in total. The standard InChI is InChI=1S/C19H19ClN6O3/c1-24-17-16(18(28)25(2)19(24)29)26(10-23-17)9-15(27)21-6-5-11-8-22-14-4-3-12(20)7-13(11)14/h3-4,7-8,10,22H,5-6,9H2,1-2H3,(H,21,27). The Morgan fingerprint density at radius 3 is 2.83 bits per heavy atom. The van der Waals surface area contributed by atoms with Crippen LogP contribution in [0.15, 0.2) is 40.3 Å². The summed E-state index contributed by atoms with van der Waals surface area (Å²) in [6, 6.07) is 5.63. The number of carbonyl (C=O) groups excluding carboxylic acids is 1. The van der Waals surface area contributed by atoms with Crippen molar-refractivity contribution in [2.75, 3.05) is 6.54 Å². The molecule has 3 heterocycles. The highest BCUT2D eigenvalue weighted by molar-refractivity contribution is 6.31. The number of rotatable bonds is 5. The lowest BCUT2D eigenvalue weighted by atomic mass is 10.1. The van der Waals surface area contributed by atoms with E-state index in [0.29, 0.717) is 18.0 Å². The summed E-state index contributed by atoms with van der Waals surface area (Å²) in [6.45, 7) is 0.366. The number of aromatic amines is 1. The molecule has 29 heavy (non-hydrogen) atoms. The van der Waals surface area contributed by atoms with E-state index in [0.717, 1.165) is 21.0 Å². The number of carbonyl (C=O) groups is 1. The summed E-state index contributed by atoms with van der Waals surface area (Å²) in [4.78, 5) is 44.1. The molecule has 0 aliphatic carbocycles. The van der Waals surface area contributed by atoms with Gasteiger partial charge in [-0.15, -0.1) is 0 Å². The van der Waals surface area contributed by atoms with Gasteiger partial charge >= 0.3 is 5.69 Å². The number of hydrogen-bond acceptors (Lipinski definition) is 4. The molecule has 150 valence electrons. The van der Waals surface area contributed by atoms with E-state index < -0.39 is 11.2 Å². The molecule has 0 radical (unpaired) electrons. The molecule has 1 aromatic carbocycles. The van der Waals surface area contributed by atoms with E-state index in [2.05, 4.69) is 15.3 Å². The fraction of sp³-hybridized carbons (Fsp3) is 0.263. The molecule has 0 spiro atoms. The van der Waals surface area contributed by atoms with Crippen molar-refractivity contribution >= 4 is 39.6 Å². The Morgan fingerprint density at radius 1 is 1.24 bits per heavy atom. The fourth-order valence-electron chi connectivity index (χ4n) is 3.42. The zero-order chi connectivity index (χ0) is 20.7. The summed E-state index contributed by atoms with van der Waals surface area (Å²) in [6.07, 6.45) is 3.93. The molecule has 0 unspecified atom stereocenters. The Hall–Kier alpha value is -3.33. The van der Waals surface area contributed by atoms with E-state index in [4.69, 9.17) is 11.6 Å². The highest BCUT2D eigenvalue weighted by Crippen LogP contribution is 2.22. The van der Waals surface area contributed by atoms with Crippen molar-refractivity contribution in [3.05, 3.63) is 62.1 Å². The van der Waals surface area contributed by atoms with Crippen LogP contribution in [0.25, 0.3) is 22.1 Å². The van der Waals surface area contributed by atoms with Crippen molar-refractivity contribution < 1.29 is 4.79 Å². The van der Waals surface area contributed by atoms with E-state index in [1.54, 1.807) is 0 Å². The summed E-state index contributed by atoms with van der Waals surface area (Å²) in [5.74, 6) is -0.252. The molecule has 0 bridgehead atoms. The fourth-order valence-corrected chi connectivity index (χ4v) is 3.59. The average molecular weight is 415 g/mol. The van der Waals surface area contributed by atoms with Gasteiger partial charge in [0.05, 0.1) is 6.33 Å². The Morgan fingerprint density at radius 2 is 2.03 bits per heavy atom. The van der Waals surface area contributed by atoms with Gasteiger partial charge in [-0.05, 0) is 30.2 Å². The monoisotopic (exact) mass is 414 g/mol. The number of imidazole rings is 1. The number of aryl methyl sites for hydroxylation is 1. The van der Waals surface area contributed by atoms with Crippen LogP contribution >= 0.6 is 11.6 Å². The Kier molecular flexibility index (Phi) is 4.75. The molecule has 3 aromatic heterocycles. The van der Waals surface area contributed by atoms with Crippen LogP contribution in [0.3, 0.4) is 0 Å². The van der Waals surface area contributed by atoms with E-state index >= 15 is 0 Å². The third-order valence-electron chi connectivity index (χ3n) is 4.98. The SMILES string of the molecule is Cn1c(=O)c2c(ncn2CC(=O)NCCc2c[nH]c3ccc(Cl)cc23)n(C)c1=O. The van der Waals surface area contributed by atoms with E-state index in [9.17, 15) is 14.4 Å². The van der Waals surface area contributed by atoms with Gasteiger partial charge in [-0.25, -0.2) is 9.78 Å². The molecular weight excluding hydrogens is 396 g/mol. The predicted octanol–water partition coefficient (Wildman–Crippen LogP) is 0.927. The molecule has 0 fully saturated rings. The van der Waals surface area contributed by atoms with Crippen molar-refractivity contribution in [2.24, 2.45) is 14.1 Å². The van der Waals surface area contributed by atoms with Crippen molar-refractivity contribution in [2.45, 2.75) is 13.0 Å². The molecule has 0 saturated carbocycles. The summed E-state index contributed by atoms with van der Waals surface area (Å²) in [5, 5.41) is 4.53. The molecule has 4 rings (SSSR count). The minimum atomic E-state index is -0.482. The van der Waals surface area contributed by atoms with Crippen LogP contribution in [-0.4, -0.2) is 36.1 Å². The zero-order valence-corrected chi connectivity index (χ0v) is 16.7. The number of fused-ring (bicyclic) bond motifs is 2. The van der Waals surface area contributed by atoms with Crippen LogP contribution in [0, 0.1) is 0 Å². The van der Waals surface area contributed by atoms with Crippen molar-refractivity contribution in [1.82, 2.24) is 29.0 Å². The van der Waals surface area contributed by atoms with Gasteiger partial charge in [0.1, 0.15) is 6.54 Å². The second-order valence-electron chi connectivity index (χ2n) is 6.85. The van der Waals surface area contributed by atoms with Gasteiger partial charge in [-0.3, -0.25) is 18.7 Å². The number of nitrogens with zero attached hydrogens (tertiary/aromatic N) is 4. The van der Waals surface area contributed by atoms with Gasteiger partial charge in [-0.1, -0.05) is 11.6 Å². The number of benzene rings is 1. The highest BCUT2D eigenvalue weighted by atomic mass is 35.5. The van der Waals surface area contributed by atoms with E-state index in [-0.39, 0.29) is 23.6 Å². The van der Waals surface area contributed by atoms with Gasteiger partial charge in [0.15, 0.2) is 11.2 Å². The largest absolute Gasteiger partial charge is 0.361 e. The molecule has 0 atom stereocenters. The molecular formula is C19H19ClN6O3. The summed E-state index contributed by atoms with van der Waals surface area (Å²) in [7, 11) is 2.93. The zero-order valence-electron chi connectivity index (χ0n) is 15.9. The maximum absolute atomic E-state index is 12.4. The Balaban J connectivity index is 1.47. The average Bonchev–Trinajstić information content (AvgIpc) is 3.29. The summed E-state index contributed by atoms with van der Waals surface area (Å²) >= 11 is 6.06. The first-order valence-electron chi connectivity index (χ1n) is 9.00. The lowest BCUT2D eigenvalue weighted by Gasteiger charge is -2.08. The van der Waals surface area contributed by atoms with Crippen molar-refractivity contribution in [3.63, 3.8) is 0 Å². The van der Waals surface area contributed by atoms with E-state index in [1.807, 2.05) is 24.4 Å². The van der Waals surface area contributed by atoms with Crippen LogP contribution in [0.2, 0.25) is 5.02 Å². The topological polar surface area (TPSA) is 107 Å². The number of hydrogen-bond donors (Lipinski definition) is 2. The molecule has 4 aromatic rings. The third-order valence-corrected chi connectivity index (χ3v) is 5.21. The van der Waals surface area contributed by atoms with Crippen molar-refractivity contribution in [3.8, 4) is 0 Å². The number of nitrogens with one attached hydrogen (secondary N) is 2. The smallest absolute Gasteiger partial charge is 0.332 e. The Bertz CT molecular complexity index is 1360. The Labute approximate surface area is 169 Å². The normalized spacial score (nSPS) is 11.4. The van der Waals surface area contributed by atoms with Gasteiger partial charge in [0.25, 0.3) is 5.56 Å². The van der Waals surface area contributed by atoms with Gasteiger partial charge < -0.3 is 14.9 Å². The van der Waals surface area contributed by atoms with E-state index in [1.165, 1.54) is 29.6 Å². The molecule has 0 saturated heterocycles. The number of aromatic nitrogens is 5. The lowest BCUT2D eigenvalue weighted by molar-refractivity contribution is -0.121. The highest BCUT2D eigenvalue weighted by Gasteiger charge is 2.16. The third kappa shape index (κ3) is 3.33. The van der Waals surface area contributed by atoms with Gasteiger partial charge in [0.2, 0.25) is 5.91 Å². The first-order chi connectivity index (χ1) is 13.9. The molecule has 0 aliphatic heterocycles. The molecule has 10 heteroatoms. The maximum atomic E-state index is 12.4. The van der Waals surface area contributed by atoms with Crippen LogP contribution in [0.5, 0.6) is 0 Å². The first kappa shape index (κ1) is 19.0. The minimum Gasteiger partial charge on any atom is -0.361 e. The second-order valence-corrected chi connectivity index (χ2v) is 7.29. The maximum Gasteiger partial charge on any atom is 0.332 e. The lowest BCUT2D eigenvalue weighted by Crippen LogP contribution is -2.38. The number of amides is 1. The van der Waals surface area contributed by atoms with Crippen LogP contribution in [0.1, 0.15) is 5.56 Å². The summed E-state index contributed by atoms with van der Waals surface area (Å²) < 4.78 is 3.74. The van der Waals surface area contributed by atoms with Crippen molar-refractivity contribution in [1.29, 1.82) is 0 Å². The molecule has 9 nitrogen and oxygen atoms in total. The minimum absolute atomic E-state index is 0.0658. The van der Waals surface area contributed by atoms with Crippen LogP contribution in [0.4, 0.5) is 0 Å².